The smallest absolute Gasteiger partial charge is 0.0713 e. The van der Waals surface area contributed by atoms with E-state index in [2.05, 4.69) is 48.3 Å². The second-order valence-corrected chi connectivity index (χ2v) is 5.35. The van der Waals surface area contributed by atoms with Crippen LogP contribution in [0.2, 0.25) is 0 Å². The molecular weight excluding hydrogens is 224 g/mol. The lowest BCUT2D eigenvalue weighted by molar-refractivity contribution is 0.185. The Hall–Kier alpha value is -1.06. The lowest BCUT2D eigenvalue weighted by Crippen LogP contribution is -2.53. The molecule has 100 valence electrons. The molecule has 0 aliphatic carbocycles. The summed E-state index contributed by atoms with van der Waals surface area (Å²) in [6.07, 6.45) is 0. The third-order valence-corrected chi connectivity index (χ3v) is 3.60. The average Bonchev–Trinajstić information content (AvgIpc) is 2.39. The van der Waals surface area contributed by atoms with Crippen LogP contribution in [0.5, 0.6) is 0 Å². The minimum atomic E-state index is 0.588. The van der Waals surface area contributed by atoms with E-state index >= 15 is 0 Å². The van der Waals surface area contributed by atoms with Gasteiger partial charge < -0.3 is 15.0 Å². The highest BCUT2D eigenvalue weighted by molar-refractivity contribution is 5.49. The lowest BCUT2D eigenvalue weighted by atomic mass is 10.0. The van der Waals surface area contributed by atoms with Gasteiger partial charge in [0, 0.05) is 38.5 Å². The van der Waals surface area contributed by atoms with Crippen molar-refractivity contribution in [2.75, 3.05) is 31.6 Å². The zero-order valence-corrected chi connectivity index (χ0v) is 11.6. The van der Waals surface area contributed by atoms with Gasteiger partial charge in [0.15, 0.2) is 0 Å². The largest absolute Gasteiger partial charge is 0.380 e. The van der Waals surface area contributed by atoms with Crippen molar-refractivity contribution in [3.63, 3.8) is 0 Å². The number of ether oxygens (including phenoxy) is 1. The van der Waals surface area contributed by atoms with Gasteiger partial charge in [-0.2, -0.15) is 0 Å². The Bertz CT molecular complexity index is 379. The van der Waals surface area contributed by atoms with Crippen molar-refractivity contribution < 1.29 is 4.74 Å². The van der Waals surface area contributed by atoms with Gasteiger partial charge in [0.1, 0.15) is 0 Å². The van der Waals surface area contributed by atoms with E-state index in [4.69, 9.17) is 4.74 Å². The summed E-state index contributed by atoms with van der Waals surface area (Å²) in [5.41, 5.74) is 2.56. The van der Waals surface area contributed by atoms with E-state index in [-0.39, 0.29) is 0 Å². The number of nitrogens with zero attached hydrogens (tertiary/aromatic N) is 1. The van der Waals surface area contributed by atoms with Gasteiger partial charge in [-0.3, -0.25) is 0 Å². The van der Waals surface area contributed by atoms with Gasteiger partial charge in [-0.05, 0) is 23.6 Å². The van der Waals surface area contributed by atoms with Gasteiger partial charge in [-0.25, -0.2) is 0 Å². The zero-order valence-electron chi connectivity index (χ0n) is 11.6. The molecule has 3 nitrogen and oxygen atoms in total. The molecule has 1 unspecified atom stereocenters. The van der Waals surface area contributed by atoms with Gasteiger partial charge in [-0.1, -0.05) is 26.0 Å². The average molecular weight is 248 g/mol. The van der Waals surface area contributed by atoms with E-state index < -0.39 is 0 Å². The Labute approximate surface area is 110 Å². The predicted octanol–water partition coefficient (Wildman–Crippen LogP) is 2.27. The number of anilines is 1. The fraction of sp³-hybridized carbons (Fsp3) is 0.600. The number of piperazine rings is 1. The van der Waals surface area contributed by atoms with Crippen molar-refractivity contribution >= 4 is 5.69 Å². The highest BCUT2D eigenvalue weighted by Gasteiger charge is 2.21. The standard InChI is InChI=1S/C15H24N2O/c1-12(2)15-10-17(8-7-16-15)14-6-4-5-13(9-14)11-18-3/h4-6,9,12,15-16H,7-8,10-11H2,1-3H3. The normalized spacial score (nSPS) is 20.4. The van der Waals surface area contributed by atoms with Crippen LogP contribution in [0.15, 0.2) is 24.3 Å². The quantitative estimate of drug-likeness (QED) is 0.884. The fourth-order valence-electron chi connectivity index (χ4n) is 2.47. The van der Waals surface area contributed by atoms with Gasteiger partial charge in [0.25, 0.3) is 0 Å². The minimum absolute atomic E-state index is 0.588. The Morgan fingerprint density at radius 3 is 3.00 bits per heavy atom. The maximum absolute atomic E-state index is 5.20. The molecule has 0 bridgehead atoms. The maximum Gasteiger partial charge on any atom is 0.0713 e. The van der Waals surface area contributed by atoms with Crippen LogP contribution in [-0.2, 0) is 11.3 Å². The molecule has 3 heteroatoms. The summed E-state index contributed by atoms with van der Waals surface area (Å²) in [6.45, 7) is 8.49. The monoisotopic (exact) mass is 248 g/mol. The molecule has 1 aromatic rings. The van der Waals surface area contributed by atoms with E-state index in [0.717, 1.165) is 19.6 Å². The van der Waals surface area contributed by atoms with E-state index in [9.17, 15) is 0 Å². The van der Waals surface area contributed by atoms with Crippen LogP contribution in [0, 0.1) is 5.92 Å². The van der Waals surface area contributed by atoms with Gasteiger partial charge >= 0.3 is 0 Å². The molecule has 0 aromatic heterocycles. The zero-order chi connectivity index (χ0) is 13.0. The van der Waals surface area contributed by atoms with E-state index in [1.165, 1.54) is 11.3 Å². The van der Waals surface area contributed by atoms with E-state index in [0.29, 0.717) is 18.6 Å². The van der Waals surface area contributed by atoms with Crippen molar-refractivity contribution in [1.29, 1.82) is 0 Å². The molecule has 0 radical (unpaired) electrons. The number of rotatable bonds is 4. The van der Waals surface area contributed by atoms with Crippen molar-refractivity contribution in [3.05, 3.63) is 29.8 Å². The molecule has 1 aliphatic rings. The van der Waals surface area contributed by atoms with Crippen molar-refractivity contribution in [1.82, 2.24) is 5.32 Å². The first-order chi connectivity index (χ1) is 8.70. The van der Waals surface area contributed by atoms with E-state index in [1.807, 2.05) is 0 Å². The Morgan fingerprint density at radius 1 is 1.44 bits per heavy atom. The molecule has 0 amide bonds. The molecule has 1 aromatic carbocycles. The summed E-state index contributed by atoms with van der Waals surface area (Å²) in [6, 6.07) is 9.27. The summed E-state index contributed by atoms with van der Waals surface area (Å²) < 4.78 is 5.20. The molecule has 2 rings (SSSR count). The number of benzene rings is 1. The first-order valence-electron chi connectivity index (χ1n) is 6.77. The van der Waals surface area contributed by atoms with Gasteiger partial charge in [-0.15, -0.1) is 0 Å². The number of nitrogens with one attached hydrogen (secondary N) is 1. The molecule has 1 fully saturated rings. The minimum Gasteiger partial charge on any atom is -0.380 e. The molecular formula is C15H24N2O. The second-order valence-electron chi connectivity index (χ2n) is 5.35. The number of hydrogen-bond donors (Lipinski definition) is 1. The molecule has 0 saturated carbocycles. The maximum atomic E-state index is 5.20. The molecule has 1 saturated heterocycles. The molecule has 1 aliphatic heterocycles. The SMILES string of the molecule is COCc1cccc(N2CCNC(C(C)C)C2)c1. The van der Waals surface area contributed by atoms with Crippen molar-refractivity contribution in [2.45, 2.75) is 26.5 Å². The van der Waals surface area contributed by atoms with Crippen LogP contribution >= 0.6 is 0 Å². The molecule has 1 N–H and O–H groups in total. The van der Waals surface area contributed by atoms with Crippen LogP contribution in [0.25, 0.3) is 0 Å². The number of hydrogen-bond acceptors (Lipinski definition) is 3. The molecule has 1 atom stereocenters. The molecule has 0 spiro atoms. The predicted molar refractivity (Wildman–Crippen MR) is 76.0 cm³/mol. The Morgan fingerprint density at radius 2 is 2.28 bits per heavy atom. The van der Waals surface area contributed by atoms with Gasteiger partial charge in [0.2, 0.25) is 0 Å². The first kappa shape index (κ1) is 13.4. The summed E-state index contributed by atoms with van der Waals surface area (Å²) >= 11 is 0. The molecule has 18 heavy (non-hydrogen) atoms. The Kier molecular flexibility index (Phi) is 4.61. The van der Waals surface area contributed by atoms with Crippen LogP contribution in [0.3, 0.4) is 0 Å². The topological polar surface area (TPSA) is 24.5 Å². The second kappa shape index (κ2) is 6.21. The summed E-state index contributed by atoms with van der Waals surface area (Å²) in [5.74, 6) is 0.676. The third kappa shape index (κ3) is 3.24. The summed E-state index contributed by atoms with van der Waals surface area (Å²) in [7, 11) is 1.74. The van der Waals surface area contributed by atoms with Crippen molar-refractivity contribution in [2.24, 2.45) is 5.92 Å². The first-order valence-corrected chi connectivity index (χ1v) is 6.77. The van der Waals surface area contributed by atoms with E-state index in [1.54, 1.807) is 7.11 Å². The summed E-state index contributed by atoms with van der Waals surface area (Å²) in [4.78, 5) is 2.47. The van der Waals surface area contributed by atoms with Crippen LogP contribution in [-0.4, -0.2) is 32.8 Å². The molecule has 1 heterocycles. The summed E-state index contributed by atoms with van der Waals surface area (Å²) in [5, 5.41) is 3.59. The van der Waals surface area contributed by atoms with Crippen molar-refractivity contribution in [3.8, 4) is 0 Å². The Balaban J connectivity index is 2.08. The lowest BCUT2D eigenvalue weighted by Gasteiger charge is -2.37. The highest BCUT2D eigenvalue weighted by Crippen LogP contribution is 2.20. The third-order valence-electron chi connectivity index (χ3n) is 3.60. The fourth-order valence-corrected chi connectivity index (χ4v) is 2.47. The van der Waals surface area contributed by atoms with Crippen LogP contribution in [0.4, 0.5) is 5.69 Å². The highest BCUT2D eigenvalue weighted by atomic mass is 16.5. The van der Waals surface area contributed by atoms with Crippen LogP contribution in [0.1, 0.15) is 19.4 Å². The van der Waals surface area contributed by atoms with Gasteiger partial charge in [0.05, 0.1) is 6.61 Å². The van der Waals surface area contributed by atoms with Crippen LogP contribution < -0.4 is 10.2 Å². The number of methoxy groups -OCH3 is 1.